The highest BCUT2D eigenvalue weighted by atomic mass is 16.5. The van der Waals surface area contributed by atoms with Gasteiger partial charge in [0.2, 0.25) is 0 Å². The lowest BCUT2D eigenvalue weighted by molar-refractivity contribution is -0.148. The molecule has 6 nitrogen and oxygen atoms in total. The van der Waals surface area contributed by atoms with Gasteiger partial charge >= 0.3 is 5.97 Å². The van der Waals surface area contributed by atoms with Crippen LogP contribution in [0.5, 0.6) is 0 Å². The van der Waals surface area contributed by atoms with Crippen LogP contribution in [0.25, 0.3) is 0 Å². The number of rotatable bonds is 7. The molecule has 2 N–H and O–H groups in total. The minimum Gasteiger partial charge on any atom is -0.480 e. The first-order chi connectivity index (χ1) is 11.5. The summed E-state index contributed by atoms with van der Waals surface area (Å²) in [5, 5.41) is 11.9. The molecule has 0 radical (unpaired) electrons. The number of nitrogens with zero attached hydrogens (tertiary/aromatic N) is 1. The first-order valence-corrected chi connectivity index (χ1v) is 8.42. The van der Waals surface area contributed by atoms with E-state index in [0.717, 1.165) is 13.1 Å². The van der Waals surface area contributed by atoms with Crippen LogP contribution in [0, 0.1) is 5.92 Å². The first kappa shape index (κ1) is 18.4. The van der Waals surface area contributed by atoms with Crippen LogP contribution in [0.4, 0.5) is 0 Å². The Morgan fingerprint density at radius 1 is 1.38 bits per heavy atom. The van der Waals surface area contributed by atoms with Crippen molar-refractivity contribution in [2.45, 2.75) is 39.0 Å². The van der Waals surface area contributed by atoms with E-state index in [9.17, 15) is 14.7 Å². The van der Waals surface area contributed by atoms with Crippen LogP contribution in [0.3, 0.4) is 0 Å². The van der Waals surface area contributed by atoms with Crippen LogP contribution in [-0.2, 0) is 20.9 Å². The third kappa shape index (κ3) is 5.04. The van der Waals surface area contributed by atoms with E-state index in [2.05, 4.69) is 10.2 Å². The third-order valence-electron chi connectivity index (χ3n) is 4.47. The van der Waals surface area contributed by atoms with Gasteiger partial charge in [0, 0.05) is 19.6 Å². The maximum atomic E-state index is 12.4. The molecule has 1 saturated heterocycles. The van der Waals surface area contributed by atoms with E-state index in [0.29, 0.717) is 19.6 Å². The summed E-state index contributed by atoms with van der Waals surface area (Å²) in [6.45, 7) is 6.17. The molecule has 1 aromatic rings. The number of benzene rings is 1. The lowest BCUT2D eigenvalue weighted by Gasteiger charge is -2.33. The average Bonchev–Trinajstić information content (AvgIpc) is 2.59. The maximum Gasteiger partial charge on any atom is 0.326 e. The Bertz CT molecular complexity index is 549. The van der Waals surface area contributed by atoms with Crippen LogP contribution in [-0.4, -0.2) is 53.7 Å². The second-order valence-corrected chi connectivity index (χ2v) is 6.29. The quantitative estimate of drug-likeness (QED) is 0.790. The zero-order valence-electron chi connectivity index (χ0n) is 14.3. The molecular weight excluding hydrogens is 308 g/mol. The molecule has 0 spiro atoms. The van der Waals surface area contributed by atoms with Crippen molar-refractivity contribution in [3.63, 3.8) is 0 Å². The number of amides is 1. The summed E-state index contributed by atoms with van der Waals surface area (Å²) in [5.74, 6) is -1.48. The van der Waals surface area contributed by atoms with Crippen LogP contribution < -0.4 is 5.32 Å². The Hall–Kier alpha value is -1.92. The Labute approximate surface area is 142 Å². The Morgan fingerprint density at radius 2 is 2.08 bits per heavy atom. The predicted molar refractivity (Wildman–Crippen MR) is 90.5 cm³/mol. The zero-order valence-corrected chi connectivity index (χ0v) is 14.3. The lowest BCUT2D eigenvalue weighted by Crippen LogP contribution is -2.54. The molecule has 3 atom stereocenters. The number of carboxylic acid groups (broad SMARTS) is 1. The third-order valence-corrected chi connectivity index (χ3v) is 4.47. The van der Waals surface area contributed by atoms with Gasteiger partial charge < -0.3 is 15.2 Å². The molecule has 2 rings (SSSR count). The van der Waals surface area contributed by atoms with E-state index in [1.54, 1.807) is 0 Å². The fourth-order valence-electron chi connectivity index (χ4n) is 2.78. The van der Waals surface area contributed by atoms with Crippen LogP contribution in [0.15, 0.2) is 30.3 Å². The highest BCUT2D eigenvalue weighted by molar-refractivity contribution is 5.86. The molecule has 0 aromatic heterocycles. The van der Waals surface area contributed by atoms with Gasteiger partial charge in [-0.3, -0.25) is 9.69 Å². The summed E-state index contributed by atoms with van der Waals surface area (Å²) >= 11 is 0. The number of nitrogens with one attached hydrogen (secondary N) is 1. The standard InChI is InChI=1S/C18H26N2O4/c1-3-13(2)16(18(22)23)19-17(21)15-12-20(9-10-24-15)11-14-7-5-4-6-8-14/h4-8,13,15-16H,3,9-12H2,1-2H3,(H,19,21)(H,22,23)/t13-,15+,16-/m0/s1. The lowest BCUT2D eigenvalue weighted by atomic mass is 9.99. The Morgan fingerprint density at radius 3 is 2.71 bits per heavy atom. The van der Waals surface area contributed by atoms with Crippen molar-refractivity contribution >= 4 is 11.9 Å². The topological polar surface area (TPSA) is 78.9 Å². The number of carbonyl (C=O) groups is 2. The van der Waals surface area contributed by atoms with Crippen molar-refractivity contribution < 1.29 is 19.4 Å². The van der Waals surface area contributed by atoms with Gasteiger partial charge in [0.05, 0.1) is 6.61 Å². The number of ether oxygens (including phenoxy) is 1. The number of hydrogen-bond acceptors (Lipinski definition) is 4. The minimum atomic E-state index is -1.00. The largest absolute Gasteiger partial charge is 0.480 e. The molecule has 132 valence electrons. The van der Waals surface area contributed by atoms with E-state index < -0.39 is 18.1 Å². The molecule has 0 saturated carbocycles. The smallest absolute Gasteiger partial charge is 0.326 e. The number of carbonyl (C=O) groups excluding carboxylic acids is 1. The van der Waals surface area contributed by atoms with E-state index in [4.69, 9.17) is 4.74 Å². The maximum absolute atomic E-state index is 12.4. The summed E-state index contributed by atoms with van der Waals surface area (Å²) in [7, 11) is 0. The second-order valence-electron chi connectivity index (χ2n) is 6.29. The van der Waals surface area contributed by atoms with Gasteiger partial charge in [-0.2, -0.15) is 0 Å². The number of hydrogen-bond donors (Lipinski definition) is 2. The molecular formula is C18H26N2O4. The molecule has 1 amide bonds. The fourth-order valence-corrected chi connectivity index (χ4v) is 2.78. The van der Waals surface area contributed by atoms with Gasteiger partial charge in [0.15, 0.2) is 0 Å². The SMILES string of the molecule is CC[C@H](C)[C@H](NC(=O)[C@H]1CN(Cc2ccccc2)CCO1)C(=O)O. The van der Waals surface area contributed by atoms with Gasteiger partial charge in [-0.25, -0.2) is 4.79 Å². The van der Waals surface area contributed by atoms with E-state index >= 15 is 0 Å². The minimum absolute atomic E-state index is 0.129. The van der Waals surface area contributed by atoms with Crippen molar-refractivity contribution in [2.75, 3.05) is 19.7 Å². The summed E-state index contributed by atoms with van der Waals surface area (Å²) in [6, 6.07) is 9.17. The van der Waals surface area contributed by atoms with E-state index in [1.807, 2.05) is 44.2 Å². The molecule has 0 bridgehead atoms. The molecule has 1 aliphatic rings. The number of aliphatic carboxylic acids is 1. The van der Waals surface area contributed by atoms with Gasteiger partial charge in [-0.05, 0) is 11.5 Å². The molecule has 0 unspecified atom stereocenters. The molecule has 6 heteroatoms. The van der Waals surface area contributed by atoms with Gasteiger partial charge in [-0.15, -0.1) is 0 Å². The highest BCUT2D eigenvalue weighted by Gasteiger charge is 2.31. The molecule has 0 aliphatic carbocycles. The van der Waals surface area contributed by atoms with Gasteiger partial charge in [0.1, 0.15) is 12.1 Å². The molecule has 1 fully saturated rings. The monoisotopic (exact) mass is 334 g/mol. The molecule has 1 aromatic carbocycles. The summed E-state index contributed by atoms with van der Waals surface area (Å²) in [4.78, 5) is 25.9. The normalized spacial score (nSPS) is 21.0. The molecule has 1 heterocycles. The summed E-state index contributed by atoms with van der Waals surface area (Å²) in [6.07, 6.45) is 0.0523. The molecule has 1 aliphatic heterocycles. The predicted octanol–water partition coefficient (Wildman–Crippen LogP) is 1.50. The van der Waals surface area contributed by atoms with Gasteiger partial charge in [0.25, 0.3) is 5.91 Å². The average molecular weight is 334 g/mol. The number of morpholine rings is 1. The Balaban J connectivity index is 1.93. The highest BCUT2D eigenvalue weighted by Crippen LogP contribution is 2.13. The van der Waals surface area contributed by atoms with Crippen LogP contribution >= 0.6 is 0 Å². The van der Waals surface area contributed by atoms with E-state index in [1.165, 1.54) is 5.56 Å². The van der Waals surface area contributed by atoms with Gasteiger partial charge in [-0.1, -0.05) is 50.6 Å². The fraction of sp³-hybridized carbons (Fsp3) is 0.556. The van der Waals surface area contributed by atoms with Crippen molar-refractivity contribution in [1.82, 2.24) is 10.2 Å². The zero-order chi connectivity index (χ0) is 17.5. The molecule has 24 heavy (non-hydrogen) atoms. The van der Waals surface area contributed by atoms with E-state index in [-0.39, 0.29) is 11.8 Å². The second kappa shape index (κ2) is 8.80. The van der Waals surface area contributed by atoms with Crippen molar-refractivity contribution in [2.24, 2.45) is 5.92 Å². The first-order valence-electron chi connectivity index (χ1n) is 8.42. The number of carboxylic acids is 1. The Kier molecular flexibility index (Phi) is 6.75. The van der Waals surface area contributed by atoms with Crippen LogP contribution in [0.2, 0.25) is 0 Å². The van der Waals surface area contributed by atoms with Crippen molar-refractivity contribution in [3.8, 4) is 0 Å². The summed E-state index contributed by atoms with van der Waals surface area (Å²) in [5.41, 5.74) is 1.18. The van der Waals surface area contributed by atoms with Crippen molar-refractivity contribution in [3.05, 3.63) is 35.9 Å². The van der Waals surface area contributed by atoms with Crippen LogP contribution in [0.1, 0.15) is 25.8 Å². The summed E-state index contributed by atoms with van der Waals surface area (Å²) < 4.78 is 5.56. The van der Waals surface area contributed by atoms with Crippen molar-refractivity contribution in [1.29, 1.82) is 0 Å².